The van der Waals surface area contributed by atoms with Gasteiger partial charge in [0.1, 0.15) is 11.5 Å². The van der Waals surface area contributed by atoms with Crippen LogP contribution in [0.3, 0.4) is 0 Å². The van der Waals surface area contributed by atoms with Crippen molar-refractivity contribution in [3.63, 3.8) is 0 Å². The third-order valence-electron chi connectivity index (χ3n) is 2.65. The van der Waals surface area contributed by atoms with Gasteiger partial charge >= 0.3 is 0 Å². The first kappa shape index (κ1) is 16.9. The van der Waals surface area contributed by atoms with Gasteiger partial charge in [0, 0.05) is 13.1 Å². The maximum absolute atomic E-state index is 11.9. The summed E-state index contributed by atoms with van der Waals surface area (Å²) in [6.07, 6.45) is 0.980. The van der Waals surface area contributed by atoms with Crippen molar-refractivity contribution < 1.29 is 9.59 Å². The highest BCUT2D eigenvalue weighted by molar-refractivity contribution is 5.95. The van der Waals surface area contributed by atoms with E-state index in [4.69, 9.17) is 0 Å². The van der Waals surface area contributed by atoms with Crippen molar-refractivity contribution in [1.29, 1.82) is 0 Å². The summed E-state index contributed by atoms with van der Waals surface area (Å²) in [4.78, 5) is 27.7. The molecule has 0 unspecified atom stereocenters. The average molecular weight is 292 g/mol. The van der Waals surface area contributed by atoms with Crippen LogP contribution in [0.1, 0.15) is 37.7 Å². The Morgan fingerprint density at radius 3 is 2.67 bits per heavy atom. The van der Waals surface area contributed by atoms with Crippen LogP contribution in [0.15, 0.2) is 18.2 Å². The molecule has 3 N–H and O–H groups in total. The van der Waals surface area contributed by atoms with E-state index >= 15 is 0 Å². The van der Waals surface area contributed by atoms with Crippen LogP contribution >= 0.6 is 0 Å². The number of carbonyl (C=O) groups excluding carboxylic acids is 2. The first-order valence-corrected chi connectivity index (χ1v) is 7.28. The Morgan fingerprint density at radius 2 is 2.00 bits per heavy atom. The third kappa shape index (κ3) is 6.74. The van der Waals surface area contributed by atoms with E-state index in [0.29, 0.717) is 24.0 Å². The standard InChI is InChI=1S/C15H24N4O2/c1-4-8-16-13-7-5-6-12(19-13)15(21)18-10-14(20)17-9-11(2)3/h5-7,11H,4,8-10H2,1-3H3,(H,16,19)(H,17,20)(H,18,21). The highest BCUT2D eigenvalue weighted by Crippen LogP contribution is 2.04. The Labute approximate surface area is 125 Å². The zero-order chi connectivity index (χ0) is 15.7. The first-order chi connectivity index (χ1) is 10.0. The summed E-state index contributed by atoms with van der Waals surface area (Å²) < 4.78 is 0. The summed E-state index contributed by atoms with van der Waals surface area (Å²) in [5.41, 5.74) is 0.299. The van der Waals surface area contributed by atoms with Gasteiger partial charge in [0.05, 0.1) is 6.54 Å². The summed E-state index contributed by atoms with van der Waals surface area (Å²) >= 11 is 0. The van der Waals surface area contributed by atoms with E-state index in [0.717, 1.165) is 13.0 Å². The van der Waals surface area contributed by atoms with Crippen molar-refractivity contribution >= 4 is 17.6 Å². The van der Waals surface area contributed by atoms with E-state index in [-0.39, 0.29) is 18.4 Å². The number of pyridine rings is 1. The number of hydrogen-bond acceptors (Lipinski definition) is 4. The van der Waals surface area contributed by atoms with E-state index in [9.17, 15) is 9.59 Å². The third-order valence-corrected chi connectivity index (χ3v) is 2.65. The molecule has 0 aliphatic carbocycles. The van der Waals surface area contributed by atoms with E-state index in [1.807, 2.05) is 19.9 Å². The van der Waals surface area contributed by atoms with Crippen molar-refractivity contribution in [2.24, 2.45) is 5.92 Å². The highest BCUT2D eigenvalue weighted by Gasteiger charge is 2.10. The molecule has 1 rings (SSSR count). The van der Waals surface area contributed by atoms with Gasteiger partial charge in [-0.2, -0.15) is 0 Å². The molecular weight excluding hydrogens is 268 g/mol. The van der Waals surface area contributed by atoms with Gasteiger partial charge in [-0.05, 0) is 24.5 Å². The van der Waals surface area contributed by atoms with Gasteiger partial charge in [0.2, 0.25) is 5.91 Å². The van der Waals surface area contributed by atoms with Gasteiger partial charge in [-0.1, -0.05) is 26.8 Å². The van der Waals surface area contributed by atoms with Crippen LogP contribution in [-0.2, 0) is 4.79 Å². The van der Waals surface area contributed by atoms with Crippen LogP contribution < -0.4 is 16.0 Å². The van der Waals surface area contributed by atoms with E-state index in [1.54, 1.807) is 12.1 Å². The van der Waals surface area contributed by atoms with Crippen molar-refractivity contribution in [3.05, 3.63) is 23.9 Å². The van der Waals surface area contributed by atoms with Crippen molar-refractivity contribution in [2.75, 3.05) is 25.0 Å². The molecule has 0 spiro atoms. The number of nitrogens with one attached hydrogen (secondary N) is 3. The summed E-state index contributed by atoms with van der Waals surface area (Å²) in [5.74, 6) is 0.494. The topological polar surface area (TPSA) is 83.1 Å². The highest BCUT2D eigenvalue weighted by atomic mass is 16.2. The SMILES string of the molecule is CCCNc1cccc(C(=O)NCC(=O)NCC(C)C)n1. The van der Waals surface area contributed by atoms with Crippen molar-refractivity contribution in [2.45, 2.75) is 27.2 Å². The Bertz CT molecular complexity index is 474. The minimum absolute atomic E-state index is 0.0418. The summed E-state index contributed by atoms with van der Waals surface area (Å²) in [6.45, 7) is 7.44. The van der Waals surface area contributed by atoms with Gasteiger partial charge < -0.3 is 16.0 Å². The molecule has 1 heterocycles. The smallest absolute Gasteiger partial charge is 0.270 e. The molecular formula is C15H24N4O2. The lowest BCUT2D eigenvalue weighted by molar-refractivity contribution is -0.120. The van der Waals surface area contributed by atoms with Crippen LogP contribution in [0.25, 0.3) is 0 Å². The molecule has 0 saturated carbocycles. The molecule has 21 heavy (non-hydrogen) atoms. The molecule has 6 nitrogen and oxygen atoms in total. The predicted octanol–water partition coefficient (Wildman–Crippen LogP) is 1.41. The van der Waals surface area contributed by atoms with E-state index in [2.05, 4.69) is 27.9 Å². The van der Waals surface area contributed by atoms with Crippen LogP contribution in [0, 0.1) is 5.92 Å². The second kappa shape index (κ2) is 8.94. The fourth-order valence-corrected chi connectivity index (χ4v) is 1.54. The monoisotopic (exact) mass is 292 g/mol. The Hall–Kier alpha value is -2.11. The predicted molar refractivity (Wildman–Crippen MR) is 83.2 cm³/mol. The maximum atomic E-state index is 11.9. The molecule has 6 heteroatoms. The number of amides is 2. The van der Waals surface area contributed by atoms with Crippen LogP contribution in [-0.4, -0.2) is 36.4 Å². The molecule has 1 aromatic heterocycles. The second-order valence-electron chi connectivity index (χ2n) is 5.22. The quantitative estimate of drug-likeness (QED) is 0.676. The fourth-order valence-electron chi connectivity index (χ4n) is 1.54. The van der Waals surface area contributed by atoms with Crippen LogP contribution in [0.5, 0.6) is 0 Å². The number of aromatic nitrogens is 1. The number of anilines is 1. The molecule has 0 saturated heterocycles. The summed E-state index contributed by atoms with van der Waals surface area (Å²) in [5, 5.41) is 8.42. The lowest BCUT2D eigenvalue weighted by Crippen LogP contribution is -2.38. The van der Waals surface area contributed by atoms with Crippen molar-refractivity contribution in [1.82, 2.24) is 15.6 Å². The lowest BCUT2D eigenvalue weighted by Gasteiger charge is -2.09. The molecule has 0 aromatic carbocycles. The van der Waals surface area contributed by atoms with Crippen LogP contribution in [0.4, 0.5) is 5.82 Å². The lowest BCUT2D eigenvalue weighted by atomic mass is 10.2. The number of carbonyl (C=O) groups is 2. The maximum Gasteiger partial charge on any atom is 0.270 e. The van der Waals surface area contributed by atoms with Gasteiger partial charge in [0.15, 0.2) is 0 Å². The minimum Gasteiger partial charge on any atom is -0.370 e. The molecule has 116 valence electrons. The zero-order valence-electron chi connectivity index (χ0n) is 12.9. The normalized spacial score (nSPS) is 10.3. The fraction of sp³-hybridized carbons (Fsp3) is 0.533. The number of nitrogens with zero attached hydrogens (tertiary/aromatic N) is 1. The number of rotatable bonds is 8. The Balaban J connectivity index is 2.46. The van der Waals surface area contributed by atoms with E-state index < -0.39 is 0 Å². The molecule has 0 radical (unpaired) electrons. The molecule has 0 fully saturated rings. The Kier molecular flexibility index (Phi) is 7.21. The summed E-state index contributed by atoms with van der Waals surface area (Å²) in [7, 11) is 0. The van der Waals surface area contributed by atoms with Crippen LogP contribution in [0.2, 0.25) is 0 Å². The number of hydrogen-bond donors (Lipinski definition) is 3. The van der Waals surface area contributed by atoms with Gasteiger partial charge in [-0.15, -0.1) is 0 Å². The second-order valence-corrected chi connectivity index (χ2v) is 5.22. The molecule has 0 aliphatic heterocycles. The van der Waals surface area contributed by atoms with Gasteiger partial charge in [-0.3, -0.25) is 9.59 Å². The molecule has 0 atom stereocenters. The largest absolute Gasteiger partial charge is 0.370 e. The van der Waals surface area contributed by atoms with Gasteiger partial charge in [0.25, 0.3) is 5.91 Å². The minimum atomic E-state index is -0.352. The van der Waals surface area contributed by atoms with E-state index in [1.165, 1.54) is 0 Å². The summed E-state index contributed by atoms with van der Waals surface area (Å²) in [6, 6.07) is 5.19. The first-order valence-electron chi connectivity index (χ1n) is 7.28. The van der Waals surface area contributed by atoms with Crippen molar-refractivity contribution in [3.8, 4) is 0 Å². The Morgan fingerprint density at radius 1 is 1.24 bits per heavy atom. The average Bonchev–Trinajstić information content (AvgIpc) is 2.48. The zero-order valence-corrected chi connectivity index (χ0v) is 12.9. The van der Waals surface area contributed by atoms with Gasteiger partial charge in [-0.25, -0.2) is 4.98 Å². The molecule has 2 amide bonds. The molecule has 0 bridgehead atoms. The molecule has 0 aliphatic rings. The molecule has 1 aromatic rings.